The minimum atomic E-state index is -0.220. The van der Waals surface area contributed by atoms with Crippen molar-refractivity contribution in [2.24, 2.45) is 17.1 Å². The summed E-state index contributed by atoms with van der Waals surface area (Å²) >= 11 is 0. The molecule has 0 spiro atoms. The molecule has 0 aliphatic carbocycles. The van der Waals surface area contributed by atoms with Crippen LogP contribution in [0, 0.1) is 20.8 Å². The summed E-state index contributed by atoms with van der Waals surface area (Å²) < 4.78 is 3.52. The molecule has 1 amide bonds. The molecule has 1 aliphatic heterocycles. The Labute approximate surface area is 200 Å². The average Bonchev–Trinajstić information content (AvgIpc) is 3.41. The van der Waals surface area contributed by atoms with Gasteiger partial charge in [0.25, 0.3) is 5.91 Å². The molecule has 34 heavy (non-hydrogen) atoms. The highest BCUT2D eigenvalue weighted by Gasteiger charge is 2.34. The fraction of sp³-hybridized carbons (Fsp3) is 0.400. The normalized spacial score (nSPS) is 13.9. The van der Waals surface area contributed by atoms with E-state index in [1.54, 1.807) is 18.8 Å². The molecule has 0 saturated heterocycles. The van der Waals surface area contributed by atoms with Crippen molar-refractivity contribution >= 4 is 28.7 Å². The van der Waals surface area contributed by atoms with E-state index >= 15 is 0 Å². The van der Waals surface area contributed by atoms with E-state index in [1.165, 1.54) is 4.90 Å². The molecule has 178 valence electrons. The Bertz CT molecular complexity index is 1300. The van der Waals surface area contributed by atoms with E-state index in [-0.39, 0.29) is 11.6 Å². The molecule has 0 bridgehead atoms. The number of hydrogen-bond donors (Lipinski definition) is 0. The van der Waals surface area contributed by atoms with Gasteiger partial charge in [0.2, 0.25) is 0 Å². The quantitative estimate of drug-likeness (QED) is 0.564. The van der Waals surface area contributed by atoms with E-state index in [1.807, 2.05) is 44.6 Å². The van der Waals surface area contributed by atoms with Gasteiger partial charge in [0.1, 0.15) is 17.1 Å². The number of nitrogens with zero attached hydrogens (tertiary/aromatic N) is 8. The van der Waals surface area contributed by atoms with E-state index < -0.39 is 0 Å². The lowest BCUT2D eigenvalue weighted by Crippen LogP contribution is -2.34. The summed E-state index contributed by atoms with van der Waals surface area (Å²) in [4.78, 5) is 26.5. The van der Waals surface area contributed by atoms with Crippen molar-refractivity contribution in [3.8, 4) is 11.4 Å². The van der Waals surface area contributed by atoms with Crippen LogP contribution in [-0.2, 0) is 11.8 Å². The van der Waals surface area contributed by atoms with Gasteiger partial charge in [-0.15, -0.1) is 0 Å². The summed E-state index contributed by atoms with van der Waals surface area (Å²) in [5.74, 6) is 0.329. The Balaban J connectivity index is 1.87. The van der Waals surface area contributed by atoms with Gasteiger partial charge in [-0.25, -0.2) is 14.7 Å². The van der Waals surface area contributed by atoms with Crippen LogP contribution in [0.1, 0.15) is 36.6 Å². The molecule has 9 heteroatoms. The van der Waals surface area contributed by atoms with Crippen LogP contribution in [0.2, 0.25) is 0 Å². The van der Waals surface area contributed by atoms with Crippen LogP contribution in [0.25, 0.3) is 11.4 Å². The zero-order chi connectivity index (χ0) is 24.7. The molecule has 4 rings (SSSR count). The number of aliphatic imine (C=N–C) groups is 1. The van der Waals surface area contributed by atoms with E-state index in [4.69, 9.17) is 9.98 Å². The van der Waals surface area contributed by atoms with Crippen LogP contribution in [0.15, 0.2) is 34.4 Å². The maximum atomic E-state index is 13.1. The van der Waals surface area contributed by atoms with E-state index in [9.17, 15) is 4.79 Å². The van der Waals surface area contributed by atoms with Gasteiger partial charge in [0.15, 0.2) is 11.5 Å². The number of rotatable bonds is 6. The number of imidazole rings is 1. The first kappa shape index (κ1) is 23.4. The highest BCUT2D eigenvalue weighted by atomic mass is 16.2. The SMILES string of the molecule is CCN(CC)c1ccc(N=C2C(C(=O)N(C)C)=Nn3c2nc(C)c3-c2cc(C)n(C)n2)c(C)c1. The highest BCUT2D eigenvalue weighted by molar-refractivity contribution is 6.70. The third-order valence-electron chi connectivity index (χ3n) is 6.17. The second-order valence-corrected chi connectivity index (χ2v) is 8.73. The van der Waals surface area contributed by atoms with Gasteiger partial charge in [-0.2, -0.15) is 10.2 Å². The first-order chi connectivity index (χ1) is 16.2. The largest absolute Gasteiger partial charge is 0.372 e. The summed E-state index contributed by atoms with van der Waals surface area (Å²) in [5, 5.41) is 9.29. The predicted molar refractivity (Wildman–Crippen MR) is 136 cm³/mol. The number of hydrogen-bond acceptors (Lipinski definition) is 6. The maximum Gasteiger partial charge on any atom is 0.276 e. The summed E-state index contributed by atoms with van der Waals surface area (Å²) in [7, 11) is 5.32. The molecule has 1 aromatic carbocycles. The zero-order valence-corrected chi connectivity index (χ0v) is 21.2. The molecule has 0 radical (unpaired) electrons. The van der Waals surface area contributed by atoms with Crippen molar-refractivity contribution in [1.82, 2.24) is 24.3 Å². The molecule has 3 heterocycles. The van der Waals surface area contributed by atoms with Crippen molar-refractivity contribution in [2.45, 2.75) is 34.6 Å². The highest BCUT2D eigenvalue weighted by Crippen LogP contribution is 2.31. The zero-order valence-electron chi connectivity index (χ0n) is 21.2. The van der Waals surface area contributed by atoms with Crippen LogP contribution >= 0.6 is 0 Å². The fourth-order valence-corrected chi connectivity index (χ4v) is 4.12. The van der Waals surface area contributed by atoms with Crippen LogP contribution in [-0.4, -0.2) is 68.9 Å². The monoisotopic (exact) mass is 460 g/mol. The maximum absolute atomic E-state index is 13.1. The van der Waals surface area contributed by atoms with Crippen molar-refractivity contribution < 1.29 is 4.79 Å². The smallest absolute Gasteiger partial charge is 0.276 e. The van der Waals surface area contributed by atoms with Gasteiger partial charge < -0.3 is 9.80 Å². The Morgan fingerprint density at radius 3 is 2.35 bits per heavy atom. The third kappa shape index (κ3) is 3.91. The topological polar surface area (TPSA) is 83.9 Å². The Kier molecular flexibility index (Phi) is 6.12. The number of carbonyl (C=O) groups excluding carboxylic acids is 1. The van der Waals surface area contributed by atoms with E-state index in [0.717, 1.165) is 52.8 Å². The molecule has 0 fully saturated rings. The molecule has 1 aliphatic rings. The van der Waals surface area contributed by atoms with Crippen LogP contribution in [0.3, 0.4) is 0 Å². The number of aromatic nitrogens is 4. The van der Waals surface area contributed by atoms with Gasteiger partial charge in [0, 0.05) is 45.6 Å². The fourth-order valence-electron chi connectivity index (χ4n) is 4.12. The molecular formula is C25H32N8O. The van der Waals surface area contributed by atoms with Gasteiger partial charge in [-0.05, 0) is 64.4 Å². The number of anilines is 1. The number of amides is 1. The molecule has 0 N–H and O–H groups in total. The lowest BCUT2D eigenvalue weighted by molar-refractivity contribution is -0.121. The summed E-state index contributed by atoms with van der Waals surface area (Å²) in [6.45, 7) is 12.1. The molecule has 0 saturated carbocycles. The minimum Gasteiger partial charge on any atom is -0.372 e. The Morgan fingerprint density at radius 2 is 1.79 bits per heavy atom. The lowest BCUT2D eigenvalue weighted by Gasteiger charge is -2.21. The van der Waals surface area contributed by atoms with E-state index in [2.05, 4.69) is 41.1 Å². The second kappa shape index (κ2) is 8.89. The average molecular weight is 461 g/mol. The first-order valence-electron chi connectivity index (χ1n) is 11.5. The molecule has 3 aromatic rings. The van der Waals surface area contributed by atoms with Crippen molar-refractivity contribution in [3.63, 3.8) is 0 Å². The minimum absolute atomic E-state index is 0.220. The Hall–Kier alpha value is -3.75. The molecule has 9 nitrogen and oxygen atoms in total. The van der Waals surface area contributed by atoms with Gasteiger partial charge in [0.05, 0.1) is 11.4 Å². The lowest BCUT2D eigenvalue weighted by atomic mass is 10.1. The first-order valence-corrected chi connectivity index (χ1v) is 11.5. The van der Waals surface area contributed by atoms with Crippen molar-refractivity contribution in [2.75, 3.05) is 32.1 Å². The summed E-state index contributed by atoms with van der Waals surface area (Å²) in [6, 6.07) is 8.19. The molecule has 0 unspecified atom stereocenters. The van der Waals surface area contributed by atoms with E-state index in [0.29, 0.717) is 11.5 Å². The van der Waals surface area contributed by atoms with Crippen molar-refractivity contribution in [3.05, 3.63) is 47.0 Å². The van der Waals surface area contributed by atoms with Gasteiger partial charge in [-0.1, -0.05) is 0 Å². The summed E-state index contributed by atoms with van der Waals surface area (Å²) in [6.07, 6.45) is 0. The number of carbonyl (C=O) groups is 1. The number of benzene rings is 1. The molecule has 0 atom stereocenters. The summed E-state index contributed by atoms with van der Waals surface area (Å²) in [5.41, 5.74) is 7.04. The number of fused-ring (bicyclic) bond motifs is 1. The van der Waals surface area contributed by atoms with Gasteiger partial charge >= 0.3 is 0 Å². The second-order valence-electron chi connectivity index (χ2n) is 8.73. The van der Waals surface area contributed by atoms with Crippen LogP contribution in [0.5, 0.6) is 0 Å². The standard InChI is InChI=1S/C25H32N8O/c1-9-32(10-2)18-11-12-19(15(3)13-18)27-21-22(25(34)30(6)7)29-33-23(17(5)26-24(21)33)20-14-16(4)31(8)28-20/h11-14H,9-10H2,1-8H3. The molecule has 2 aromatic heterocycles. The third-order valence-corrected chi connectivity index (χ3v) is 6.17. The number of aryl methyl sites for hydroxylation is 4. The van der Waals surface area contributed by atoms with Gasteiger partial charge in [-0.3, -0.25) is 9.48 Å². The Morgan fingerprint density at radius 1 is 1.09 bits per heavy atom. The van der Waals surface area contributed by atoms with Crippen molar-refractivity contribution in [1.29, 1.82) is 0 Å². The molecular weight excluding hydrogens is 428 g/mol. The predicted octanol–water partition coefficient (Wildman–Crippen LogP) is 3.48. The van der Waals surface area contributed by atoms with Crippen LogP contribution in [0.4, 0.5) is 11.4 Å². The van der Waals surface area contributed by atoms with Crippen LogP contribution < -0.4 is 4.90 Å².